The van der Waals surface area contributed by atoms with Gasteiger partial charge in [-0.3, -0.25) is 0 Å². The van der Waals surface area contributed by atoms with Crippen LogP contribution in [0.25, 0.3) is 5.57 Å². The van der Waals surface area contributed by atoms with E-state index in [0.717, 1.165) is 31.9 Å². The molecule has 3 heteroatoms. The van der Waals surface area contributed by atoms with Crippen molar-refractivity contribution in [1.29, 1.82) is 0 Å². The highest BCUT2D eigenvalue weighted by atomic mass is 16.5. The van der Waals surface area contributed by atoms with Crippen LogP contribution in [0.1, 0.15) is 38.8 Å². The van der Waals surface area contributed by atoms with E-state index >= 15 is 0 Å². The van der Waals surface area contributed by atoms with Gasteiger partial charge in [0.05, 0.1) is 7.11 Å². The Morgan fingerprint density at radius 1 is 0.742 bits per heavy atom. The number of rotatable bonds is 8. The molecule has 0 unspecified atom stereocenters. The molecule has 1 aliphatic carbocycles. The lowest BCUT2D eigenvalue weighted by Gasteiger charge is -2.22. The molecule has 0 bridgehead atoms. The van der Waals surface area contributed by atoms with Gasteiger partial charge in [0.15, 0.2) is 5.71 Å². The normalized spacial score (nSPS) is 12.8. The van der Waals surface area contributed by atoms with Crippen molar-refractivity contribution in [3.05, 3.63) is 89.5 Å². The summed E-state index contributed by atoms with van der Waals surface area (Å²) in [6, 6.07) is 17.3. The Hall–Kier alpha value is -3.07. The zero-order chi connectivity index (χ0) is 22.2. The third-order valence-electron chi connectivity index (χ3n) is 5.95. The van der Waals surface area contributed by atoms with E-state index in [2.05, 4.69) is 97.9 Å². The average molecular weight is 416 g/mol. The fraction of sp³-hybridized carbons (Fsp3) is 0.321. The van der Waals surface area contributed by atoms with E-state index in [1.165, 1.54) is 33.7 Å². The van der Waals surface area contributed by atoms with Crippen LogP contribution in [0.4, 0.5) is 5.69 Å². The van der Waals surface area contributed by atoms with Crippen molar-refractivity contribution in [2.45, 2.75) is 27.7 Å². The Kier molecular flexibility index (Phi) is 7.88. The molecule has 0 aliphatic heterocycles. The minimum absolute atomic E-state index is 0.872. The second kappa shape index (κ2) is 10.8. The van der Waals surface area contributed by atoms with E-state index in [-0.39, 0.29) is 0 Å². The van der Waals surface area contributed by atoms with Gasteiger partial charge in [0.1, 0.15) is 18.8 Å². The Morgan fingerprint density at radius 3 is 1.71 bits per heavy atom. The number of benzene rings is 2. The summed E-state index contributed by atoms with van der Waals surface area (Å²) < 4.78 is 7.74. The molecule has 0 fully saturated rings. The zero-order valence-electron chi connectivity index (χ0n) is 19.6. The van der Waals surface area contributed by atoms with Gasteiger partial charge in [-0.25, -0.2) is 4.58 Å². The molecule has 0 atom stereocenters. The highest BCUT2D eigenvalue weighted by molar-refractivity contribution is 6.04. The molecule has 0 aromatic heterocycles. The molecule has 2 aromatic rings. The molecular formula is C28H35N2O+. The van der Waals surface area contributed by atoms with Gasteiger partial charge in [-0.05, 0) is 86.4 Å². The maximum absolute atomic E-state index is 5.37. The molecule has 1 aliphatic rings. The summed E-state index contributed by atoms with van der Waals surface area (Å²) in [5, 5.41) is 0. The van der Waals surface area contributed by atoms with E-state index in [1.54, 1.807) is 7.11 Å². The first-order valence-corrected chi connectivity index (χ1v) is 11.4. The van der Waals surface area contributed by atoms with Gasteiger partial charge in [0.25, 0.3) is 0 Å². The van der Waals surface area contributed by atoms with Gasteiger partial charge in [-0.1, -0.05) is 24.3 Å². The lowest BCUT2D eigenvalue weighted by Crippen LogP contribution is -2.21. The molecule has 0 saturated carbocycles. The highest BCUT2D eigenvalue weighted by Crippen LogP contribution is 2.32. The van der Waals surface area contributed by atoms with E-state index in [9.17, 15) is 0 Å². The minimum Gasteiger partial charge on any atom is -0.497 e. The molecule has 162 valence electrons. The van der Waals surface area contributed by atoms with Gasteiger partial charge in [0.2, 0.25) is 0 Å². The number of anilines is 1. The van der Waals surface area contributed by atoms with Gasteiger partial charge >= 0.3 is 0 Å². The summed E-state index contributed by atoms with van der Waals surface area (Å²) in [6.45, 7) is 12.8. The number of hydrogen-bond donors (Lipinski definition) is 0. The largest absolute Gasteiger partial charge is 0.497 e. The van der Waals surface area contributed by atoms with E-state index in [1.807, 2.05) is 12.1 Å². The molecule has 3 nitrogen and oxygen atoms in total. The standard InChI is InChI=1S/C28H35N2O/c1-6-29(7-2)25-16-10-22(11-17-25)28(24-14-20-27(31-5)21-15-24)23-12-18-26(19-13-23)30(8-3)9-4/h10-21H,6-9H2,1-5H3/q+1. The molecule has 3 rings (SSSR count). The summed E-state index contributed by atoms with van der Waals surface area (Å²) in [5.41, 5.74) is 7.39. The molecule has 0 saturated heterocycles. The van der Waals surface area contributed by atoms with Crippen LogP contribution in [0.2, 0.25) is 0 Å². The maximum atomic E-state index is 5.37. The smallest absolute Gasteiger partial charge is 0.199 e. The Labute approximate surface area is 187 Å². The first kappa shape index (κ1) is 22.6. The predicted molar refractivity (Wildman–Crippen MR) is 134 cm³/mol. The SMILES string of the molecule is CCN(CC)c1ccc(C(=C2C=CC(=[N+](CC)CC)C=C2)c2ccc(OC)cc2)cc1. The fourth-order valence-corrected chi connectivity index (χ4v) is 4.11. The van der Waals surface area contributed by atoms with Crippen molar-refractivity contribution >= 4 is 17.0 Å². The van der Waals surface area contributed by atoms with Crippen molar-refractivity contribution < 1.29 is 9.31 Å². The van der Waals surface area contributed by atoms with E-state index in [4.69, 9.17) is 4.74 Å². The predicted octanol–water partition coefficient (Wildman–Crippen LogP) is 5.96. The van der Waals surface area contributed by atoms with Crippen LogP contribution in [0.15, 0.2) is 78.4 Å². The zero-order valence-corrected chi connectivity index (χ0v) is 19.6. The first-order chi connectivity index (χ1) is 15.1. The molecule has 0 N–H and O–H groups in total. The van der Waals surface area contributed by atoms with E-state index < -0.39 is 0 Å². The second-order valence-electron chi connectivity index (χ2n) is 7.54. The molecule has 2 aromatic carbocycles. The average Bonchev–Trinajstić information content (AvgIpc) is 2.83. The number of allylic oxidation sites excluding steroid dienone is 5. The first-order valence-electron chi connectivity index (χ1n) is 11.4. The Morgan fingerprint density at radius 2 is 1.26 bits per heavy atom. The third kappa shape index (κ3) is 5.16. The molecule has 0 heterocycles. The Bertz CT molecular complexity index is 964. The monoisotopic (exact) mass is 415 g/mol. The maximum Gasteiger partial charge on any atom is 0.199 e. The van der Waals surface area contributed by atoms with Crippen LogP contribution in [-0.4, -0.2) is 43.6 Å². The van der Waals surface area contributed by atoms with Gasteiger partial charge in [-0.15, -0.1) is 0 Å². The number of hydrogen-bond acceptors (Lipinski definition) is 2. The number of nitrogens with zero attached hydrogens (tertiary/aromatic N) is 2. The summed E-state index contributed by atoms with van der Waals surface area (Å²) in [6.07, 6.45) is 8.95. The van der Waals surface area contributed by atoms with Crippen LogP contribution in [0, 0.1) is 0 Å². The van der Waals surface area contributed by atoms with Crippen molar-refractivity contribution in [2.75, 3.05) is 38.2 Å². The van der Waals surface area contributed by atoms with Crippen LogP contribution in [0.3, 0.4) is 0 Å². The quantitative estimate of drug-likeness (QED) is 0.494. The lowest BCUT2D eigenvalue weighted by molar-refractivity contribution is -0.519. The second-order valence-corrected chi connectivity index (χ2v) is 7.54. The van der Waals surface area contributed by atoms with Crippen molar-refractivity contribution in [3.63, 3.8) is 0 Å². The van der Waals surface area contributed by atoms with Crippen LogP contribution in [-0.2, 0) is 0 Å². The van der Waals surface area contributed by atoms with Gasteiger partial charge in [-0.2, -0.15) is 0 Å². The fourth-order valence-electron chi connectivity index (χ4n) is 4.11. The summed E-state index contributed by atoms with van der Waals surface area (Å²) >= 11 is 0. The number of ether oxygens (including phenoxy) is 1. The van der Waals surface area contributed by atoms with Gasteiger partial charge in [0, 0.05) is 30.9 Å². The van der Waals surface area contributed by atoms with Crippen molar-refractivity contribution in [1.82, 2.24) is 0 Å². The Balaban J connectivity index is 2.08. The summed E-state index contributed by atoms with van der Waals surface area (Å²) in [7, 11) is 1.71. The van der Waals surface area contributed by atoms with E-state index in [0.29, 0.717) is 0 Å². The third-order valence-corrected chi connectivity index (χ3v) is 5.95. The topological polar surface area (TPSA) is 15.5 Å². The molecule has 31 heavy (non-hydrogen) atoms. The lowest BCUT2D eigenvalue weighted by atomic mass is 9.90. The summed E-state index contributed by atoms with van der Waals surface area (Å²) in [4.78, 5) is 2.37. The van der Waals surface area contributed by atoms with Crippen LogP contribution in [0.5, 0.6) is 5.75 Å². The number of methoxy groups -OCH3 is 1. The summed E-state index contributed by atoms with van der Waals surface area (Å²) in [5.74, 6) is 0.872. The highest BCUT2D eigenvalue weighted by Gasteiger charge is 2.15. The molecule has 0 radical (unpaired) electrons. The van der Waals surface area contributed by atoms with Crippen molar-refractivity contribution in [3.8, 4) is 5.75 Å². The van der Waals surface area contributed by atoms with Crippen LogP contribution >= 0.6 is 0 Å². The van der Waals surface area contributed by atoms with Gasteiger partial charge < -0.3 is 9.64 Å². The molecule has 0 spiro atoms. The van der Waals surface area contributed by atoms with Crippen LogP contribution < -0.4 is 9.64 Å². The molecular weight excluding hydrogens is 380 g/mol. The van der Waals surface area contributed by atoms with Crippen molar-refractivity contribution in [2.24, 2.45) is 0 Å². The minimum atomic E-state index is 0.872. The molecule has 0 amide bonds.